The molecule has 0 fully saturated rings. The first-order valence-electron chi connectivity index (χ1n) is 7.30. The molecule has 1 aliphatic rings. The largest absolute Gasteiger partial charge is 0.421 e. The van der Waals surface area contributed by atoms with Crippen LogP contribution in [0.15, 0.2) is 63.6 Å². The van der Waals surface area contributed by atoms with Gasteiger partial charge in [0.05, 0.1) is 11.1 Å². The van der Waals surface area contributed by atoms with E-state index in [0.29, 0.717) is 33.4 Å². The Labute approximate surface area is 142 Å². The van der Waals surface area contributed by atoms with Crippen molar-refractivity contribution in [2.75, 3.05) is 0 Å². The average molecular weight is 336 g/mol. The molecule has 3 heterocycles. The fraction of sp³-hybridized carbons (Fsp3) is 0.0556. The molecule has 0 radical (unpaired) electrons. The molecular weight excluding hydrogens is 324 g/mol. The molecule has 2 aromatic heterocycles. The van der Waals surface area contributed by atoms with Gasteiger partial charge in [0.1, 0.15) is 16.5 Å². The fourth-order valence-electron chi connectivity index (χ4n) is 2.49. The molecule has 0 atom stereocenters. The van der Waals surface area contributed by atoms with E-state index in [1.165, 1.54) is 11.8 Å². The summed E-state index contributed by atoms with van der Waals surface area (Å²) >= 11 is 1.34. The minimum absolute atomic E-state index is 0.417. The number of fused-ring (bicyclic) bond motifs is 1. The standard InChI is InChI=1S/C18H12N2O3S/c1-11-15(16(20-23-11)12-6-3-2-4-7-12)14-10-24-17-13(18(21)22-14)8-5-9-19-17/h2-10H,1H3. The lowest BCUT2D eigenvalue weighted by molar-refractivity contribution is 0.0689. The number of aromatic nitrogens is 2. The van der Waals surface area contributed by atoms with Crippen LogP contribution < -0.4 is 0 Å². The molecule has 6 heteroatoms. The molecule has 0 N–H and O–H groups in total. The van der Waals surface area contributed by atoms with E-state index in [1.807, 2.05) is 30.3 Å². The number of aryl methyl sites for hydroxylation is 1. The van der Waals surface area contributed by atoms with E-state index in [0.717, 1.165) is 5.56 Å². The van der Waals surface area contributed by atoms with Crippen LogP contribution in [0.3, 0.4) is 0 Å². The lowest BCUT2D eigenvalue weighted by atomic mass is 10.1. The molecule has 0 unspecified atom stereocenters. The minimum atomic E-state index is -0.436. The maximum atomic E-state index is 12.4. The van der Waals surface area contributed by atoms with E-state index < -0.39 is 5.97 Å². The van der Waals surface area contributed by atoms with Crippen molar-refractivity contribution in [3.05, 3.63) is 71.0 Å². The average Bonchev–Trinajstić information content (AvgIpc) is 2.92. The Hall–Kier alpha value is -2.86. The van der Waals surface area contributed by atoms with Gasteiger partial charge in [-0.2, -0.15) is 0 Å². The Morgan fingerprint density at radius 2 is 1.92 bits per heavy atom. The van der Waals surface area contributed by atoms with Crippen molar-refractivity contribution in [1.82, 2.24) is 10.1 Å². The van der Waals surface area contributed by atoms with Crippen molar-refractivity contribution >= 4 is 23.5 Å². The fourth-order valence-corrected chi connectivity index (χ4v) is 3.28. The van der Waals surface area contributed by atoms with Gasteiger partial charge in [-0.3, -0.25) is 0 Å². The third kappa shape index (κ3) is 2.51. The monoisotopic (exact) mass is 336 g/mol. The molecule has 0 saturated heterocycles. The van der Waals surface area contributed by atoms with Crippen LogP contribution in [0, 0.1) is 6.92 Å². The summed E-state index contributed by atoms with van der Waals surface area (Å²) in [6.45, 7) is 1.80. The van der Waals surface area contributed by atoms with E-state index in [1.54, 1.807) is 30.7 Å². The molecule has 1 aliphatic heterocycles. The molecule has 0 aliphatic carbocycles. The second-order valence-electron chi connectivity index (χ2n) is 5.17. The first kappa shape index (κ1) is 14.7. The zero-order chi connectivity index (χ0) is 16.5. The molecule has 0 saturated carbocycles. The van der Waals surface area contributed by atoms with E-state index in [-0.39, 0.29) is 0 Å². The van der Waals surface area contributed by atoms with Crippen LogP contribution in [0.1, 0.15) is 21.7 Å². The highest BCUT2D eigenvalue weighted by molar-refractivity contribution is 8.02. The number of ether oxygens (including phenoxy) is 1. The number of nitrogens with zero attached hydrogens (tertiary/aromatic N) is 2. The predicted molar refractivity (Wildman–Crippen MR) is 90.2 cm³/mol. The molecule has 24 heavy (non-hydrogen) atoms. The zero-order valence-corrected chi connectivity index (χ0v) is 13.5. The number of hydrogen-bond donors (Lipinski definition) is 0. The van der Waals surface area contributed by atoms with Crippen LogP contribution in [0.2, 0.25) is 0 Å². The number of hydrogen-bond acceptors (Lipinski definition) is 6. The third-order valence-corrected chi connectivity index (χ3v) is 4.51. The zero-order valence-electron chi connectivity index (χ0n) is 12.7. The van der Waals surface area contributed by atoms with E-state index in [2.05, 4.69) is 10.1 Å². The Bertz CT molecular complexity index is 948. The Morgan fingerprint density at radius 1 is 1.08 bits per heavy atom. The summed E-state index contributed by atoms with van der Waals surface area (Å²) in [5.41, 5.74) is 2.66. The smallest absolute Gasteiger partial charge is 0.346 e. The molecule has 1 aromatic carbocycles. The van der Waals surface area contributed by atoms with Crippen LogP contribution in [0.4, 0.5) is 0 Å². The van der Waals surface area contributed by atoms with Crippen LogP contribution in [0.5, 0.6) is 0 Å². The predicted octanol–water partition coefficient (Wildman–Crippen LogP) is 4.31. The Morgan fingerprint density at radius 3 is 2.75 bits per heavy atom. The summed E-state index contributed by atoms with van der Waals surface area (Å²) in [7, 11) is 0. The van der Waals surface area contributed by atoms with Crippen molar-refractivity contribution in [2.24, 2.45) is 0 Å². The lowest BCUT2D eigenvalue weighted by Gasteiger charge is -2.07. The van der Waals surface area contributed by atoms with Gasteiger partial charge >= 0.3 is 5.97 Å². The van der Waals surface area contributed by atoms with Gasteiger partial charge in [0.2, 0.25) is 0 Å². The molecule has 4 rings (SSSR count). The molecule has 5 nitrogen and oxygen atoms in total. The van der Waals surface area contributed by atoms with Crippen LogP contribution >= 0.6 is 11.8 Å². The van der Waals surface area contributed by atoms with Crippen molar-refractivity contribution < 1.29 is 14.1 Å². The minimum Gasteiger partial charge on any atom is -0.421 e. The maximum absolute atomic E-state index is 12.4. The van der Waals surface area contributed by atoms with Gasteiger partial charge in [-0.25, -0.2) is 9.78 Å². The highest BCUT2D eigenvalue weighted by atomic mass is 32.2. The van der Waals surface area contributed by atoms with Crippen LogP contribution in [0.25, 0.3) is 17.0 Å². The highest BCUT2D eigenvalue weighted by Gasteiger charge is 2.26. The van der Waals surface area contributed by atoms with Gasteiger partial charge in [-0.15, -0.1) is 0 Å². The summed E-state index contributed by atoms with van der Waals surface area (Å²) in [5.74, 6) is 0.571. The summed E-state index contributed by atoms with van der Waals surface area (Å²) in [5, 5.41) is 6.52. The molecule has 3 aromatic rings. The summed E-state index contributed by atoms with van der Waals surface area (Å²) in [6, 6.07) is 13.1. The second-order valence-corrected chi connectivity index (χ2v) is 6.03. The van der Waals surface area contributed by atoms with Gasteiger partial charge < -0.3 is 9.26 Å². The number of pyridine rings is 1. The normalized spacial score (nSPS) is 13.7. The van der Waals surface area contributed by atoms with Gasteiger partial charge in [0.25, 0.3) is 0 Å². The van der Waals surface area contributed by atoms with Gasteiger partial charge in [0, 0.05) is 17.2 Å². The SMILES string of the molecule is Cc1onc(-c2ccccc2)c1C1=CSc2ncccc2C(=O)O1. The van der Waals surface area contributed by atoms with Gasteiger partial charge in [-0.05, 0) is 19.1 Å². The number of carbonyl (C=O) groups excluding carboxylic acids is 1. The lowest BCUT2D eigenvalue weighted by Crippen LogP contribution is -2.05. The summed E-state index contributed by atoms with van der Waals surface area (Å²) < 4.78 is 10.9. The number of carbonyl (C=O) groups is 1. The molecule has 0 amide bonds. The molecule has 0 bridgehead atoms. The van der Waals surface area contributed by atoms with Crippen molar-refractivity contribution in [1.29, 1.82) is 0 Å². The summed E-state index contributed by atoms with van der Waals surface area (Å²) in [6.07, 6.45) is 1.65. The van der Waals surface area contributed by atoms with Crippen LogP contribution in [-0.4, -0.2) is 16.1 Å². The van der Waals surface area contributed by atoms with Crippen LogP contribution in [-0.2, 0) is 4.74 Å². The topological polar surface area (TPSA) is 65.2 Å². The number of thioether (sulfide) groups is 1. The van der Waals surface area contributed by atoms with E-state index in [4.69, 9.17) is 9.26 Å². The first-order chi connectivity index (χ1) is 11.7. The third-order valence-electron chi connectivity index (χ3n) is 3.63. The van der Waals surface area contributed by atoms with Gasteiger partial charge in [0.15, 0.2) is 5.76 Å². The second kappa shape index (κ2) is 5.98. The number of rotatable bonds is 2. The number of cyclic esters (lactones) is 1. The molecule has 0 spiro atoms. The Balaban J connectivity index is 1.80. The van der Waals surface area contributed by atoms with Gasteiger partial charge in [-0.1, -0.05) is 47.3 Å². The van der Waals surface area contributed by atoms with Crippen molar-refractivity contribution in [2.45, 2.75) is 11.9 Å². The first-order valence-corrected chi connectivity index (χ1v) is 8.18. The molecule has 118 valence electrons. The van der Waals surface area contributed by atoms with Crippen molar-refractivity contribution in [3.63, 3.8) is 0 Å². The molecular formula is C18H12N2O3S. The van der Waals surface area contributed by atoms with Crippen molar-refractivity contribution in [3.8, 4) is 11.3 Å². The highest BCUT2D eigenvalue weighted by Crippen LogP contribution is 2.37. The van der Waals surface area contributed by atoms with E-state index >= 15 is 0 Å². The summed E-state index contributed by atoms with van der Waals surface area (Å²) in [4.78, 5) is 16.6. The maximum Gasteiger partial charge on any atom is 0.346 e. The quantitative estimate of drug-likeness (QED) is 0.650. The number of esters is 1. The Kier molecular flexibility index (Phi) is 3.66. The van der Waals surface area contributed by atoms with E-state index in [9.17, 15) is 4.79 Å². The number of benzene rings is 1.